The van der Waals surface area contributed by atoms with Crippen molar-refractivity contribution in [1.29, 1.82) is 0 Å². The Balaban J connectivity index is 0.000000267. The third-order valence-corrected chi connectivity index (χ3v) is 11.0. The molecule has 0 unspecified atom stereocenters. The van der Waals surface area contributed by atoms with E-state index in [-0.39, 0.29) is 67.4 Å². The zero-order valence-corrected chi connectivity index (χ0v) is 31.7. The third kappa shape index (κ3) is 10.2. The van der Waals surface area contributed by atoms with Gasteiger partial charge in [0.1, 0.15) is 0 Å². The molecular weight excluding hydrogens is 814 g/mol. The van der Waals surface area contributed by atoms with Gasteiger partial charge in [0.15, 0.2) is 0 Å². The Bertz CT molecular complexity index is 1180. The Morgan fingerprint density at radius 3 is 0.463 bits per heavy atom. The minimum Gasteiger partial charge on any atom is -1.00 e. The smallest absolute Gasteiger partial charge is 1.00 e. The maximum atomic E-state index is 2.23. The minimum absolute atomic E-state index is 0. The van der Waals surface area contributed by atoms with E-state index in [1.165, 1.54) is 31.8 Å². The summed E-state index contributed by atoms with van der Waals surface area (Å²) in [5.74, 6) is 0. The summed E-state index contributed by atoms with van der Waals surface area (Å²) in [5, 5.41) is 8.39. The summed E-state index contributed by atoms with van der Waals surface area (Å²) in [6.45, 7) is 0. The van der Waals surface area contributed by atoms with Crippen LogP contribution < -0.4 is 79.8 Å². The predicted molar refractivity (Wildman–Crippen MR) is 170 cm³/mol. The van der Waals surface area contributed by atoms with Crippen molar-refractivity contribution < 1.29 is 67.4 Å². The van der Waals surface area contributed by atoms with Crippen molar-refractivity contribution in [1.82, 2.24) is 0 Å². The predicted octanol–water partition coefficient (Wildman–Crippen LogP) is 0.895. The molecule has 0 aliphatic carbocycles. The molecule has 0 N–H and O–H groups in total. The zero-order valence-electron chi connectivity index (χ0n) is 22.7. The van der Waals surface area contributed by atoms with Crippen LogP contribution >= 0.6 is 15.8 Å². The maximum absolute atomic E-state index is 2.23. The van der Waals surface area contributed by atoms with Gasteiger partial charge >= 0.3 is 19.5 Å². The topological polar surface area (TPSA) is 0 Å². The molecule has 0 radical (unpaired) electrons. The van der Waals surface area contributed by atoms with Crippen LogP contribution in [0.2, 0.25) is 0 Å². The van der Waals surface area contributed by atoms with Crippen molar-refractivity contribution in [3.8, 4) is 0 Å². The van der Waals surface area contributed by atoms with Gasteiger partial charge in [-0.15, -0.1) is 0 Å². The van der Waals surface area contributed by atoms with Crippen molar-refractivity contribution in [2.45, 2.75) is 0 Å². The zero-order chi connectivity index (χ0) is 25.8. The first-order valence-corrected chi connectivity index (χ1v) is 15.5. The molecule has 5 heteroatoms. The van der Waals surface area contributed by atoms with Crippen molar-refractivity contribution in [2.75, 3.05) is 0 Å². The Labute approximate surface area is 294 Å². The number of hydrogen-bond donors (Lipinski definition) is 0. The summed E-state index contributed by atoms with van der Waals surface area (Å²) in [4.78, 5) is 0. The summed E-state index contributed by atoms with van der Waals surface area (Å²) in [6.07, 6.45) is 0. The Morgan fingerprint density at radius 1 is 0.220 bits per heavy atom. The van der Waals surface area contributed by atoms with Crippen molar-refractivity contribution in [2.24, 2.45) is 0 Å². The Hall–Kier alpha value is -1.74. The summed E-state index contributed by atoms with van der Waals surface area (Å²) in [7, 11) is -0.892. The van der Waals surface area contributed by atoms with Crippen LogP contribution in [0, 0.1) is 0 Å². The minimum atomic E-state index is -0.446. The molecule has 0 saturated carbocycles. The van der Waals surface area contributed by atoms with Gasteiger partial charge in [0.05, 0.1) is 0 Å². The summed E-state index contributed by atoms with van der Waals surface area (Å²) in [6, 6.07) is 64.7. The molecule has 0 atom stereocenters. The van der Waals surface area contributed by atoms with Gasteiger partial charge < -0.3 is 48.0 Å². The van der Waals surface area contributed by atoms with E-state index in [4.69, 9.17) is 0 Å². The second kappa shape index (κ2) is 19.5. The van der Waals surface area contributed by atoms with Gasteiger partial charge in [-0.05, 0) is 47.7 Å². The number of halogens is 2. The third-order valence-electron chi connectivity index (χ3n) is 6.09. The molecule has 0 bridgehead atoms. The first-order chi connectivity index (χ1) is 18.9. The van der Waals surface area contributed by atoms with E-state index in [9.17, 15) is 0 Å². The monoisotopic (exact) mass is 842 g/mol. The van der Waals surface area contributed by atoms with Gasteiger partial charge in [-0.1, -0.05) is 182 Å². The molecule has 41 heavy (non-hydrogen) atoms. The van der Waals surface area contributed by atoms with E-state index in [0.29, 0.717) is 0 Å². The van der Waals surface area contributed by atoms with Crippen LogP contribution in [0.5, 0.6) is 0 Å². The molecule has 0 heterocycles. The van der Waals surface area contributed by atoms with Crippen LogP contribution in [0.3, 0.4) is 0 Å². The molecular formula is C36H30I2P2Zn. The maximum Gasteiger partial charge on any atom is 2.00 e. The SMILES string of the molecule is [I-].[I-].[Zn+2].c1ccc(P(c2ccccc2)c2ccccc2)cc1.c1ccc(P(c2ccccc2)c2ccccc2)cc1. The molecule has 0 spiro atoms. The normalized spacial score (nSPS) is 9.80. The van der Waals surface area contributed by atoms with Crippen molar-refractivity contribution >= 4 is 47.7 Å². The van der Waals surface area contributed by atoms with Gasteiger partial charge in [0, 0.05) is 0 Å². The van der Waals surface area contributed by atoms with Crippen molar-refractivity contribution in [3.63, 3.8) is 0 Å². The number of hydrogen-bond acceptors (Lipinski definition) is 0. The molecule has 6 aromatic carbocycles. The van der Waals surface area contributed by atoms with Gasteiger partial charge in [-0.2, -0.15) is 0 Å². The van der Waals surface area contributed by atoms with Gasteiger partial charge in [0.25, 0.3) is 0 Å². The van der Waals surface area contributed by atoms with E-state index < -0.39 is 15.8 Å². The second-order valence-electron chi connectivity index (χ2n) is 8.68. The summed E-state index contributed by atoms with van der Waals surface area (Å²) < 4.78 is 0. The molecule has 6 aromatic rings. The molecule has 6 rings (SSSR count). The summed E-state index contributed by atoms with van der Waals surface area (Å²) >= 11 is 0. The average Bonchev–Trinajstić information content (AvgIpc) is 3.01. The van der Waals surface area contributed by atoms with E-state index >= 15 is 0 Å². The molecule has 0 fully saturated rings. The van der Waals surface area contributed by atoms with Gasteiger partial charge in [0.2, 0.25) is 0 Å². The summed E-state index contributed by atoms with van der Waals surface area (Å²) in [5.41, 5.74) is 0. The first kappa shape index (κ1) is 35.5. The van der Waals surface area contributed by atoms with E-state index in [2.05, 4.69) is 182 Å². The number of rotatable bonds is 6. The van der Waals surface area contributed by atoms with E-state index in [1.54, 1.807) is 0 Å². The molecule has 200 valence electrons. The van der Waals surface area contributed by atoms with Crippen molar-refractivity contribution in [3.05, 3.63) is 182 Å². The van der Waals surface area contributed by atoms with E-state index in [1.807, 2.05) is 0 Å². The van der Waals surface area contributed by atoms with Gasteiger partial charge in [-0.25, -0.2) is 0 Å². The molecule has 0 amide bonds. The van der Waals surface area contributed by atoms with Crippen LogP contribution in [-0.2, 0) is 19.5 Å². The van der Waals surface area contributed by atoms with Crippen LogP contribution in [0.1, 0.15) is 0 Å². The second-order valence-corrected chi connectivity index (χ2v) is 13.1. The fraction of sp³-hybridized carbons (Fsp3) is 0. The van der Waals surface area contributed by atoms with E-state index in [0.717, 1.165) is 0 Å². The largest absolute Gasteiger partial charge is 2.00 e. The molecule has 0 aliphatic heterocycles. The molecule has 0 saturated heterocycles. The van der Waals surface area contributed by atoms with Crippen LogP contribution in [-0.4, -0.2) is 0 Å². The fourth-order valence-electron chi connectivity index (χ4n) is 4.36. The van der Waals surface area contributed by atoms with Crippen LogP contribution in [0.25, 0.3) is 0 Å². The quantitative estimate of drug-likeness (QED) is 0.133. The fourth-order valence-corrected chi connectivity index (χ4v) is 8.97. The molecule has 0 aliphatic rings. The molecule has 0 aromatic heterocycles. The standard InChI is InChI=1S/2C18H15P.2HI.Zn/c2*1-4-10-16(11-5-1)19(17-12-6-2-7-13-17)18-14-8-3-9-15-18;;;/h2*1-15H;2*1H;/q;;;;+2/p-2. The first-order valence-electron chi connectivity index (χ1n) is 12.8. The van der Waals surface area contributed by atoms with Crippen LogP contribution in [0.15, 0.2) is 182 Å². The Morgan fingerprint density at radius 2 is 0.341 bits per heavy atom. The molecule has 0 nitrogen and oxygen atoms in total. The van der Waals surface area contributed by atoms with Crippen LogP contribution in [0.4, 0.5) is 0 Å². The number of benzene rings is 6. The average molecular weight is 844 g/mol. The Kier molecular flexibility index (Phi) is 16.8. The van der Waals surface area contributed by atoms with Gasteiger partial charge in [-0.3, -0.25) is 0 Å².